The standard InChI is InChI=1S/C10H13NO4/c1-15-9-4-6(2-3-8(9)12)7(5-11)10(13)14/h2-4,7,12H,5,11H2,1H3,(H,13,14). The number of benzene rings is 1. The Morgan fingerprint density at radius 2 is 2.27 bits per heavy atom. The molecule has 0 aromatic heterocycles. The topological polar surface area (TPSA) is 92.8 Å². The van der Waals surface area contributed by atoms with Crippen LogP contribution in [0.5, 0.6) is 11.5 Å². The average Bonchev–Trinajstić information content (AvgIpc) is 2.21. The maximum Gasteiger partial charge on any atom is 0.312 e. The van der Waals surface area contributed by atoms with Crippen molar-refractivity contribution in [1.29, 1.82) is 0 Å². The van der Waals surface area contributed by atoms with Gasteiger partial charge in [-0.25, -0.2) is 0 Å². The molecule has 5 nitrogen and oxygen atoms in total. The second kappa shape index (κ2) is 4.65. The van der Waals surface area contributed by atoms with Crippen molar-refractivity contribution >= 4 is 5.97 Å². The molecule has 1 aromatic carbocycles. The summed E-state index contributed by atoms with van der Waals surface area (Å²) in [7, 11) is 1.40. The predicted molar refractivity (Wildman–Crippen MR) is 54.1 cm³/mol. The molecule has 5 heteroatoms. The van der Waals surface area contributed by atoms with Gasteiger partial charge in [0.15, 0.2) is 11.5 Å². The molecule has 0 amide bonds. The molecule has 15 heavy (non-hydrogen) atoms. The van der Waals surface area contributed by atoms with Crippen LogP contribution >= 0.6 is 0 Å². The van der Waals surface area contributed by atoms with E-state index in [0.717, 1.165) is 0 Å². The van der Waals surface area contributed by atoms with E-state index in [4.69, 9.17) is 15.6 Å². The fourth-order valence-corrected chi connectivity index (χ4v) is 1.29. The Kier molecular flexibility index (Phi) is 3.51. The molecule has 0 heterocycles. The molecular formula is C10H13NO4. The van der Waals surface area contributed by atoms with Crippen LogP contribution in [0.2, 0.25) is 0 Å². The summed E-state index contributed by atoms with van der Waals surface area (Å²) < 4.78 is 4.88. The van der Waals surface area contributed by atoms with E-state index >= 15 is 0 Å². The molecule has 1 atom stereocenters. The van der Waals surface area contributed by atoms with Crippen molar-refractivity contribution in [1.82, 2.24) is 0 Å². The summed E-state index contributed by atoms with van der Waals surface area (Å²) in [6, 6.07) is 4.38. The van der Waals surface area contributed by atoms with Gasteiger partial charge in [0, 0.05) is 6.54 Å². The zero-order valence-electron chi connectivity index (χ0n) is 8.30. The highest BCUT2D eigenvalue weighted by molar-refractivity contribution is 5.76. The summed E-state index contributed by atoms with van der Waals surface area (Å²) in [6.45, 7) is 0.00324. The van der Waals surface area contributed by atoms with Crippen LogP contribution in [0.1, 0.15) is 11.5 Å². The van der Waals surface area contributed by atoms with Crippen molar-refractivity contribution in [2.75, 3.05) is 13.7 Å². The Labute approximate surface area is 87.1 Å². The number of carbonyl (C=O) groups is 1. The summed E-state index contributed by atoms with van der Waals surface area (Å²) in [6.07, 6.45) is 0. The van der Waals surface area contributed by atoms with E-state index in [1.165, 1.54) is 25.3 Å². The molecule has 0 radical (unpaired) electrons. The molecular weight excluding hydrogens is 198 g/mol. The highest BCUT2D eigenvalue weighted by Crippen LogP contribution is 2.29. The lowest BCUT2D eigenvalue weighted by molar-refractivity contribution is -0.138. The highest BCUT2D eigenvalue weighted by atomic mass is 16.5. The number of hydrogen-bond donors (Lipinski definition) is 3. The van der Waals surface area contributed by atoms with Crippen LogP contribution in [-0.4, -0.2) is 29.8 Å². The molecule has 82 valence electrons. The molecule has 0 fully saturated rings. The second-order valence-corrected chi connectivity index (χ2v) is 3.06. The molecule has 0 saturated heterocycles. The monoisotopic (exact) mass is 211 g/mol. The van der Waals surface area contributed by atoms with E-state index in [9.17, 15) is 9.90 Å². The van der Waals surface area contributed by atoms with E-state index in [1.54, 1.807) is 0 Å². The summed E-state index contributed by atoms with van der Waals surface area (Å²) in [5, 5.41) is 18.2. The van der Waals surface area contributed by atoms with Crippen LogP contribution in [0.15, 0.2) is 18.2 Å². The van der Waals surface area contributed by atoms with Crippen LogP contribution in [0.25, 0.3) is 0 Å². The average molecular weight is 211 g/mol. The van der Waals surface area contributed by atoms with E-state index in [2.05, 4.69) is 0 Å². The lowest BCUT2D eigenvalue weighted by Crippen LogP contribution is -2.21. The Bertz CT molecular complexity index is 364. The molecule has 0 saturated carbocycles. The zero-order chi connectivity index (χ0) is 11.4. The van der Waals surface area contributed by atoms with E-state index in [-0.39, 0.29) is 18.0 Å². The Morgan fingerprint density at radius 3 is 2.73 bits per heavy atom. The van der Waals surface area contributed by atoms with Gasteiger partial charge in [-0.3, -0.25) is 4.79 Å². The van der Waals surface area contributed by atoms with Gasteiger partial charge in [-0.05, 0) is 17.7 Å². The molecule has 1 rings (SSSR count). The molecule has 0 bridgehead atoms. The van der Waals surface area contributed by atoms with Gasteiger partial charge in [0.25, 0.3) is 0 Å². The minimum atomic E-state index is -0.995. The molecule has 1 unspecified atom stereocenters. The Balaban J connectivity index is 3.09. The quantitative estimate of drug-likeness (QED) is 0.675. The first-order chi connectivity index (χ1) is 7.10. The number of methoxy groups -OCH3 is 1. The first-order valence-electron chi connectivity index (χ1n) is 4.40. The summed E-state index contributed by atoms with van der Waals surface area (Å²) in [5.41, 5.74) is 5.86. The van der Waals surface area contributed by atoms with Crippen LogP contribution in [0.3, 0.4) is 0 Å². The van der Waals surface area contributed by atoms with E-state index < -0.39 is 11.9 Å². The number of aliphatic carboxylic acids is 1. The van der Waals surface area contributed by atoms with Gasteiger partial charge in [0.05, 0.1) is 13.0 Å². The number of carboxylic acid groups (broad SMARTS) is 1. The largest absolute Gasteiger partial charge is 0.504 e. The van der Waals surface area contributed by atoms with Gasteiger partial charge in [0.2, 0.25) is 0 Å². The number of phenols is 1. The Morgan fingerprint density at radius 1 is 1.60 bits per heavy atom. The second-order valence-electron chi connectivity index (χ2n) is 3.06. The normalized spacial score (nSPS) is 12.1. The van der Waals surface area contributed by atoms with Gasteiger partial charge < -0.3 is 20.7 Å². The number of phenolic OH excluding ortho intramolecular Hbond substituents is 1. The van der Waals surface area contributed by atoms with Crippen LogP contribution in [-0.2, 0) is 4.79 Å². The lowest BCUT2D eigenvalue weighted by atomic mass is 9.99. The van der Waals surface area contributed by atoms with Crippen LogP contribution in [0, 0.1) is 0 Å². The first kappa shape index (κ1) is 11.3. The van der Waals surface area contributed by atoms with Gasteiger partial charge >= 0.3 is 5.97 Å². The smallest absolute Gasteiger partial charge is 0.312 e. The van der Waals surface area contributed by atoms with Crippen LogP contribution in [0.4, 0.5) is 0 Å². The van der Waals surface area contributed by atoms with Crippen molar-refractivity contribution in [3.63, 3.8) is 0 Å². The fraction of sp³-hybridized carbons (Fsp3) is 0.300. The van der Waals surface area contributed by atoms with E-state index in [1.807, 2.05) is 0 Å². The maximum absolute atomic E-state index is 10.8. The number of hydrogen-bond acceptors (Lipinski definition) is 4. The van der Waals surface area contributed by atoms with Crippen molar-refractivity contribution in [3.8, 4) is 11.5 Å². The maximum atomic E-state index is 10.8. The lowest BCUT2D eigenvalue weighted by Gasteiger charge is -2.11. The van der Waals surface area contributed by atoms with Gasteiger partial charge in [-0.1, -0.05) is 6.07 Å². The molecule has 0 aliphatic heterocycles. The molecule has 0 aliphatic rings. The SMILES string of the molecule is COc1cc(C(CN)C(=O)O)ccc1O. The summed E-state index contributed by atoms with van der Waals surface area (Å²) in [4.78, 5) is 10.8. The fourth-order valence-electron chi connectivity index (χ4n) is 1.29. The Hall–Kier alpha value is -1.75. The molecule has 4 N–H and O–H groups in total. The van der Waals surface area contributed by atoms with Gasteiger partial charge in [-0.15, -0.1) is 0 Å². The van der Waals surface area contributed by atoms with E-state index in [0.29, 0.717) is 5.56 Å². The molecule has 1 aromatic rings. The third-order valence-electron chi connectivity index (χ3n) is 2.14. The van der Waals surface area contributed by atoms with Crippen molar-refractivity contribution < 1.29 is 19.7 Å². The van der Waals surface area contributed by atoms with Crippen LogP contribution < -0.4 is 10.5 Å². The number of aromatic hydroxyl groups is 1. The van der Waals surface area contributed by atoms with Crippen molar-refractivity contribution in [2.45, 2.75) is 5.92 Å². The number of carboxylic acids is 1. The zero-order valence-corrected chi connectivity index (χ0v) is 8.30. The minimum Gasteiger partial charge on any atom is -0.504 e. The summed E-state index contributed by atoms with van der Waals surface area (Å²) >= 11 is 0. The number of ether oxygens (including phenoxy) is 1. The highest BCUT2D eigenvalue weighted by Gasteiger charge is 2.19. The number of rotatable bonds is 4. The predicted octanol–water partition coefficient (Wildman–Crippen LogP) is 0.528. The first-order valence-corrected chi connectivity index (χ1v) is 4.40. The van der Waals surface area contributed by atoms with Gasteiger partial charge in [-0.2, -0.15) is 0 Å². The molecule has 0 spiro atoms. The van der Waals surface area contributed by atoms with Crippen molar-refractivity contribution in [2.24, 2.45) is 5.73 Å². The minimum absolute atomic E-state index is 0.00324. The number of nitrogens with two attached hydrogens (primary N) is 1. The summed E-state index contributed by atoms with van der Waals surface area (Å²) in [5.74, 6) is -1.56. The van der Waals surface area contributed by atoms with Gasteiger partial charge in [0.1, 0.15) is 0 Å². The molecule has 0 aliphatic carbocycles. The third-order valence-corrected chi connectivity index (χ3v) is 2.14. The third kappa shape index (κ3) is 2.38. The van der Waals surface area contributed by atoms with Crippen molar-refractivity contribution in [3.05, 3.63) is 23.8 Å².